The number of aryl methyl sites for hydroxylation is 2. The molecule has 0 saturated heterocycles. The van der Waals surface area contributed by atoms with Crippen molar-refractivity contribution < 1.29 is 0 Å². The Morgan fingerprint density at radius 2 is 2.31 bits per heavy atom. The van der Waals surface area contributed by atoms with Crippen LogP contribution in [0, 0.1) is 0 Å². The van der Waals surface area contributed by atoms with E-state index in [1.807, 2.05) is 12.4 Å². The van der Waals surface area contributed by atoms with Gasteiger partial charge in [0.05, 0.1) is 11.7 Å². The molecule has 4 heteroatoms. The second-order valence-corrected chi connectivity index (χ2v) is 4.07. The van der Waals surface area contributed by atoms with Gasteiger partial charge in [0, 0.05) is 25.1 Å². The molecule has 3 aromatic rings. The van der Waals surface area contributed by atoms with Gasteiger partial charge in [-0.25, -0.2) is 9.97 Å². The number of aromatic nitrogens is 4. The largest absolute Gasteiger partial charge is 0.346 e. The van der Waals surface area contributed by atoms with Crippen molar-refractivity contribution in [3.63, 3.8) is 0 Å². The topological polar surface area (TPSA) is 46.5 Å². The SMILES string of the molecule is CCCc1nc2cnc3[nH]ccc3c2n1C. The summed E-state index contributed by atoms with van der Waals surface area (Å²) in [6, 6.07) is 2.06. The second kappa shape index (κ2) is 3.33. The Labute approximate surface area is 93.3 Å². The lowest BCUT2D eigenvalue weighted by Gasteiger charge is -2.00. The van der Waals surface area contributed by atoms with Gasteiger partial charge in [0.1, 0.15) is 17.0 Å². The number of H-pyrrole nitrogens is 1. The van der Waals surface area contributed by atoms with Gasteiger partial charge in [-0.05, 0) is 12.5 Å². The quantitative estimate of drug-likeness (QED) is 0.712. The van der Waals surface area contributed by atoms with Crippen LogP contribution in [-0.4, -0.2) is 19.5 Å². The summed E-state index contributed by atoms with van der Waals surface area (Å²) in [4.78, 5) is 12.1. The highest BCUT2D eigenvalue weighted by molar-refractivity contribution is 6.01. The molecule has 0 radical (unpaired) electrons. The van der Waals surface area contributed by atoms with Crippen molar-refractivity contribution in [2.45, 2.75) is 19.8 Å². The van der Waals surface area contributed by atoms with E-state index in [4.69, 9.17) is 0 Å². The van der Waals surface area contributed by atoms with E-state index in [1.165, 1.54) is 5.52 Å². The number of rotatable bonds is 2. The van der Waals surface area contributed by atoms with Gasteiger partial charge >= 0.3 is 0 Å². The minimum atomic E-state index is 0.929. The molecule has 0 amide bonds. The molecule has 16 heavy (non-hydrogen) atoms. The lowest BCUT2D eigenvalue weighted by Crippen LogP contribution is -1.96. The number of hydrogen-bond donors (Lipinski definition) is 1. The van der Waals surface area contributed by atoms with Crippen molar-refractivity contribution >= 4 is 22.1 Å². The van der Waals surface area contributed by atoms with Crippen LogP contribution in [-0.2, 0) is 13.5 Å². The van der Waals surface area contributed by atoms with Gasteiger partial charge in [0.25, 0.3) is 0 Å². The molecule has 0 saturated carbocycles. The van der Waals surface area contributed by atoms with E-state index in [-0.39, 0.29) is 0 Å². The molecule has 82 valence electrons. The Bertz CT molecular complexity index is 647. The van der Waals surface area contributed by atoms with Crippen LogP contribution in [0.25, 0.3) is 22.1 Å². The van der Waals surface area contributed by atoms with Gasteiger partial charge in [-0.2, -0.15) is 0 Å². The van der Waals surface area contributed by atoms with Crippen LogP contribution >= 0.6 is 0 Å². The maximum atomic E-state index is 4.62. The van der Waals surface area contributed by atoms with E-state index in [0.717, 1.165) is 35.2 Å². The van der Waals surface area contributed by atoms with Crippen molar-refractivity contribution in [3.05, 3.63) is 24.3 Å². The molecule has 0 fully saturated rings. The summed E-state index contributed by atoms with van der Waals surface area (Å²) < 4.78 is 2.18. The molecule has 0 aliphatic rings. The van der Waals surface area contributed by atoms with Crippen molar-refractivity contribution in [1.82, 2.24) is 19.5 Å². The Morgan fingerprint density at radius 3 is 3.12 bits per heavy atom. The molecule has 0 spiro atoms. The Balaban J connectivity index is 2.40. The number of imidazole rings is 1. The molecule has 0 aromatic carbocycles. The minimum absolute atomic E-state index is 0.929. The van der Waals surface area contributed by atoms with Crippen molar-refractivity contribution in [1.29, 1.82) is 0 Å². The maximum Gasteiger partial charge on any atom is 0.139 e. The van der Waals surface area contributed by atoms with Gasteiger partial charge < -0.3 is 9.55 Å². The Morgan fingerprint density at radius 1 is 1.44 bits per heavy atom. The number of aromatic amines is 1. The Kier molecular flexibility index (Phi) is 1.96. The third-order valence-electron chi connectivity index (χ3n) is 2.98. The minimum Gasteiger partial charge on any atom is -0.346 e. The van der Waals surface area contributed by atoms with Gasteiger partial charge in [0.15, 0.2) is 0 Å². The molecule has 3 rings (SSSR count). The molecular weight excluding hydrogens is 200 g/mol. The monoisotopic (exact) mass is 214 g/mol. The molecule has 0 atom stereocenters. The van der Waals surface area contributed by atoms with Crippen LogP contribution in [0.2, 0.25) is 0 Å². The average Bonchev–Trinajstić information content (AvgIpc) is 2.84. The third-order valence-corrected chi connectivity index (χ3v) is 2.98. The molecule has 0 bridgehead atoms. The standard InChI is InChI=1S/C12H14N4/c1-3-4-10-15-9-7-14-12-8(5-6-13-12)11(9)16(10)2/h5-7H,3-4H2,1-2H3,(H,13,14). The molecule has 0 aliphatic heterocycles. The number of nitrogens with one attached hydrogen (secondary N) is 1. The summed E-state index contributed by atoms with van der Waals surface area (Å²) in [7, 11) is 2.08. The molecule has 3 heterocycles. The summed E-state index contributed by atoms with van der Waals surface area (Å²) >= 11 is 0. The number of hydrogen-bond acceptors (Lipinski definition) is 2. The predicted octanol–water partition coefficient (Wildman–Crippen LogP) is 2.40. The smallest absolute Gasteiger partial charge is 0.139 e. The zero-order valence-electron chi connectivity index (χ0n) is 9.49. The first-order valence-electron chi connectivity index (χ1n) is 5.58. The zero-order chi connectivity index (χ0) is 11.1. The first kappa shape index (κ1) is 9.39. The van der Waals surface area contributed by atoms with Crippen molar-refractivity contribution in [2.24, 2.45) is 7.05 Å². The van der Waals surface area contributed by atoms with E-state index in [0.29, 0.717) is 0 Å². The molecule has 4 nitrogen and oxygen atoms in total. The fourth-order valence-corrected chi connectivity index (χ4v) is 2.21. The van der Waals surface area contributed by atoms with Gasteiger partial charge in [0.2, 0.25) is 0 Å². The average molecular weight is 214 g/mol. The first-order chi connectivity index (χ1) is 7.81. The molecule has 0 unspecified atom stereocenters. The van der Waals surface area contributed by atoms with Gasteiger partial charge in [-0.3, -0.25) is 0 Å². The fraction of sp³-hybridized carbons (Fsp3) is 0.333. The van der Waals surface area contributed by atoms with Crippen molar-refractivity contribution in [3.8, 4) is 0 Å². The van der Waals surface area contributed by atoms with Crippen LogP contribution < -0.4 is 0 Å². The van der Waals surface area contributed by atoms with E-state index in [1.54, 1.807) is 0 Å². The van der Waals surface area contributed by atoms with Crippen LogP contribution in [0.15, 0.2) is 18.5 Å². The fourth-order valence-electron chi connectivity index (χ4n) is 2.21. The Hall–Kier alpha value is -1.84. The predicted molar refractivity (Wildman–Crippen MR) is 64.4 cm³/mol. The van der Waals surface area contributed by atoms with Crippen LogP contribution in [0.3, 0.4) is 0 Å². The normalized spacial score (nSPS) is 11.6. The first-order valence-corrected chi connectivity index (χ1v) is 5.58. The lowest BCUT2D eigenvalue weighted by atomic mass is 10.3. The number of fused-ring (bicyclic) bond motifs is 3. The number of nitrogens with zero attached hydrogens (tertiary/aromatic N) is 3. The summed E-state index contributed by atoms with van der Waals surface area (Å²) in [5.41, 5.74) is 3.09. The second-order valence-electron chi connectivity index (χ2n) is 4.07. The van der Waals surface area contributed by atoms with E-state index >= 15 is 0 Å². The highest BCUT2D eigenvalue weighted by atomic mass is 15.1. The van der Waals surface area contributed by atoms with E-state index in [2.05, 4.69) is 39.6 Å². The summed E-state index contributed by atoms with van der Waals surface area (Å²) in [6.45, 7) is 2.17. The van der Waals surface area contributed by atoms with Crippen LogP contribution in [0.1, 0.15) is 19.2 Å². The van der Waals surface area contributed by atoms with Gasteiger partial charge in [-0.1, -0.05) is 6.92 Å². The zero-order valence-corrected chi connectivity index (χ0v) is 9.49. The lowest BCUT2D eigenvalue weighted by molar-refractivity contribution is 0.774. The van der Waals surface area contributed by atoms with Gasteiger partial charge in [-0.15, -0.1) is 0 Å². The highest BCUT2D eigenvalue weighted by Crippen LogP contribution is 2.23. The maximum absolute atomic E-state index is 4.62. The van der Waals surface area contributed by atoms with Crippen LogP contribution in [0.5, 0.6) is 0 Å². The highest BCUT2D eigenvalue weighted by Gasteiger charge is 2.11. The van der Waals surface area contributed by atoms with Crippen molar-refractivity contribution in [2.75, 3.05) is 0 Å². The summed E-state index contributed by atoms with van der Waals surface area (Å²) in [6.07, 6.45) is 5.88. The van der Waals surface area contributed by atoms with E-state index in [9.17, 15) is 0 Å². The molecule has 0 aliphatic carbocycles. The van der Waals surface area contributed by atoms with Crippen LogP contribution in [0.4, 0.5) is 0 Å². The number of pyridine rings is 1. The summed E-state index contributed by atoms with van der Waals surface area (Å²) in [5, 5.41) is 1.15. The third kappa shape index (κ3) is 1.16. The summed E-state index contributed by atoms with van der Waals surface area (Å²) in [5.74, 6) is 1.13. The molecule has 1 N–H and O–H groups in total. The molecular formula is C12H14N4. The van der Waals surface area contributed by atoms with E-state index < -0.39 is 0 Å². The molecule has 3 aromatic heterocycles.